The van der Waals surface area contributed by atoms with Crippen LogP contribution in [0, 0.1) is 18.8 Å². The summed E-state index contributed by atoms with van der Waals surface area (Å²) in [5, 5.41) is 9.51. The summed E-state index contributed by atoms with van der Waals surface area (Å²) in [7, 11) is 0. The highest BCUT2D eigenvalue weighted by Gasteiger charge is 2.31. The summed E-state index contributed by atoms with van der Waals surface area (Å²) in [6.45, 7) is 4.42. The SMILES string of the molecule is Cc1cc(N2CCC3CCCCC3C2)c(CO)cn1. The van der Waals surface area contributed by atoms with E-state index in [0.29, 0.717) is 0 Å². The van der Waals surface area contributed by atoms with Crippen LogP contribution in [-0.4, -0.2) is 23.2 Å². The van der Waals surface area contributed by atoms with Gasteiger partial charge in [0.2, 0.25) is 0 Å². The molecule has 2 heterocycles. The van der Waals surface area contributed by atoms with Gasteiger partial charge in [0, 0.05) is 36.2 Å². The number of hydrogen-bond acceptors (Lipinski definition) is 3. The van der Waals surface area contributed by atoms with Crippen molar-refractivity contribution in [3.05, 3.63) is 23.5 Å². The van der Waals surface area contributed by atoms with Crippen molar-refractivity contribution in [2.24, 2.45) is 11.8 Å². The summed E-state index contributed by atoms with van der Waals surface area (Å²) < 4.78 is 0. The van der Waals surface area contributed by atoms with Crippen molar-refractivity contribution in [2.75, 3.05) is 18.0 Å². The molecule has 0 bridgehead atoms. The van der Waals surface area contributed by atoms with E-state index in [-0.39, 0.29) is 6.61 Å². The molecule has 3 nitrogen and oxygen atoms in total. The second-order valence-electron chi connectivity index (χ2n) is 6.15. The molecule has 2 aliphatic rings. The zero-order valence-electron chi connectivity index (χ0n) is 11.8. The molecule has 0 spiro atoms. The number of pyridine rings is 1. The molecule has 2 fully saturated rings. The van der Waals surface area contributed by atoms with Gasteiger partial charge >= 0.3 is 0 Å². The van der Waals surface area contributed by atoms with Crippen LogP contribution in [0.25, 0.3) is 0 Å². The van der Waals surface area contributed by atoms with Crippen LogP contribution < -0.4 is 4.90 Å². The zero-order valence-corrected chi connectivity index (χ0v) is 11.8. The fourth-order valence-electron chi connectivity index (χ4n) is 3.81. The van der Waals surface area contributed by atoms with Gasteiger partial charge in [-0.25, -0.2) is 0 Å². The Balaban J connectivity index is 1.80. The Hall–Kier alpha value is -1.09. The van der Waals surface area contributed by atoms with E-state index in [1.807, 2.05) is 13.1 Å². The number of aliphatic hydroxyl groups is 1. The Kier molecular flexibility index (Phi) is 3.74. The molecule has 2 atom stereocenters. The number of aliphatic hydroxyl groups excluding tert-OH is 1. The molecule has 1 saturated carbocycles. The predicted molar refractivity (Wildman–Crippen MR) is 77.2 cm³/mol. The first-order valence-corrected chi connectivity index (χ1v) is 7.59. The Bertz CT molecular complexity index is 446. The predicted octanol–water partition coefficient (Wildman–Crippen LogP) is 2.90. The summed E-state index contributed by atoms with van der Waals surface area (Å²) >= 11 is 0. The average Bonchev–Trinajstić information content (AvgIpc) is 2.46. The largest absolute Gasteiger partial charge is 0.392 e. The van der Waals surface area contributed by atoms with Crippen LogP contribution in [0.3, 0.4) is 0 Å². The van der Waals surface area contributed by atoms with E-state index in [1.165, 1.54) is 44.3 Å². The molecule has 19 heavy (non-hydrogen) atoms. The Labute approximate surface area is 115 Å². The number of piperidine rings is 1. The lowest BCUT2D eigenvalue weighted by atomic mass is 9.75. The second kappa shape index (κ2) is 5.49. The van der Waals surface area contributed by atoms with Crippen LogP contribution in [0.15, 0.2) is 12.3 Å². The third-order valence-corrected chi connectivity index (χ3v) is 4.90. The van der Waals surface area contributed by atoms with E-state index < -0.39 is 0 Å². The number of aryl methyl sites for hydroxylation is 1. The van der Waals surface area contributed by atoms with Gasteiger partial charge in [-0.05, 0) is 37.7 Å². The molecule has 1 aromatic heterocycles. The Morgan fingerprint density at radius 2 is 2.05 bits per heavy atom. The lowest BCUT2D eigenvalue weighted by Crippen LogP contribution is -2.42. The molecule has 1 saturated heterocycles. The smallest absolute Gasteiger partial charge is 0.0717 e. The molecule has 3 heteroatoms. The van der Waals surface area contributed by atoms with Gasteiger partial charge < -0.3 is 10.0 Å². The van der Waals surface area contributed by atoms with Crippen LogP contribution in [-0.2, 0) is 6.61 Å². The van der Waals surface area contributed by atoms with Gasteiger partial charge in [0.1, 0.15) is 0 Å². The maximum Gasteiger partial charge on any atom is 0.0717 e. The standard InChI is InChI=1S/C16H24N2O/c1-12-8-16(15(11-19)9-17-12)18-7-6-13-4-2-3-5-14(13)10-18/h8-9,13-14,19H,2-7,10-11H2,1H3. The molecular formula is C16H24N2O. The fourth-order valence-corrected chi connectivity index (χ4v) is 3.81. The lowest BCUT2D eigenvalue weighted by molar-refractivity contribution is 0.202. The number of fused-ring (bicyclic) bond motifs is 1. The van der Waals surface area contributed by atoms with Crippen LogP contribution in [0.2, 0.25) is 0 Å². The maximum atomic E-state index is 9.51. The normalized spacial score (nSPS) is 27.2. The van der Waals surface area contributed by atoms with E-state index >= 15 is 0 Å². The van der Waals surface area contributed by atoms with Gasteiger partial charge in [0.15, 0.2) is 0 Å². The van der Waals surface area contributed by atoms with Crippen molar-refractivity contribution in [3.63, 3.8) is 0 Å². The molecule has 1 aliphatic heterocycles. The summed E-state index contributed by atoms with van der Waals surface area (Å²) in [6.07, 6.45) is 8.80. The van der Waals surface area contributed by atoms with Gasteiger partial charge in [0.25, 0.3) is 0 Å². The fraction of sp³-hybridized carbons (Fsp3) is 0.688. The highest BCUT2D eigenvalue weighted by atomic mass is 16.3. The molecule has 0 radical (unpaired) electrons. The number of nitrogens with zero attached hydrogens (tertiary/aromatic N) is 2. The van der Waals surface area contributed by atoms with Crippen molar-refractivity contribution in [3.8, 4) is 0 Å². The van der Waals surface area contributed by atoms with Crippen LogP contribution in [0.5, 0.6) is 0 Å². The molecule has 1 aliphatic carbocycles. The van der Waals surface area contributed by atoms with Crippen molar-refractivity contribution in [1.29, 1.82) is 0 Å². The summed E-state index contributed by atoms with van der Waals surface area (Å²) in [4.78, 5) is 6.78. The van der Waals surface area contributed by atoms with E-state index in [4.69, 9.17) is 0 Å². The van der Waals surface area contributed by atoms with Crippen LogP contribution in [0.4, 0.5) is 5.69 Å². The first-order chi connectivity index (χ1) is 9.28. The maximum absolute atomic E-state index is 9.51. The number of aromatic nitrogens is 1. The first kappa shape index (κ1) is 12.9. The molecule has 104 valence electrons. The van der Waals surface area contributed by atoms with E-state index in [0.717, 1.165) is 29.6 Å². The third kappa shape index (κ3) is 2.62. The molecule has 1 N–H and O–H groups in total. The van der Waals surface area contributed by atoms with Gasteiger partial charge in [-0.3, -0.25) is 4.98 Å². The highest BCUT2D eigenvalue weighted by Crippen LogP contribution is 2.38. The quantitative estimate of drug-likeness (QED) is 0.888. The lowest BCUT2D eigenvalue weighted by Gasteiger charge is -2.42. The summed E-state index contributed by atoms with van der Waals surface area (Å²) in [5.74, 6) is 1.81. The average molecular weight is 260 g/mol. The minimum Gasteiger partial charge on any atom is -0.392 e. The highest BCUT2D eigenvalue weighted by molar-refractivity contribution is 5.53. The van der Waals surface area contributed by atoms with Crippen molar-refractivity contribution in [1.82, 2.24) is 4.98 Å². The van der Waals surface area contributed by atoms with Gasteiger partial charge in [-0.15, -0.1) is 0 Å². The zero-order chi connectivity index (χ0) is 13.2. The number of anilines is 1. The molecule has 0 amide bonds. The second-order valence-corrected chi connectivity index (χ2v) is 6.15. The van der Waals surface area contributed by atoms with E-state index in [9.17, 15) is 5.11 Å². The Morgan fingerprint density at radius 1 is 1.26 bits per heavy atom. The molecule has 0 aromatic carbocycles. The molecule has 2 unspecified atom stereocenters. The third-order valence-electron chi connectivity index (χ3n) is 4.90. The minimum absolute atomic E-state index is 0.0905. The van der Waals surface area contributed by atoms with Gasteiger partial charge in [0.05, 0.1) is 6.61 Å². The monoisotopic (exact) mass is 260 g/mol. The van der Waals surface area contributed by atoms with Crippen molar-refractivity contribution in [2.45, 2.75) is 45.6 Å². The van der Waals surface area contributed by atoms with Crippen LogP contribution >= 0.6 is 0 Å². The van der Waals surface area contributed by atoms with Gasteiger partial charge in [-0.1, -0.05) is 19.3 Å². The number of hydrogen-bond donors (Lipinski definition) is 1. The first-order valence-electron chi connectivity index (χ1n) is 7.59. The molecule has 3 rings (SSSR count). The Morgan fingerprint density at radius 3 is 2.84 bits per heavy atom. The van der Waals surface area contributed by atoms with Crippen molar-refractivity contribution < 1.29 is 5.11 Å². The number of rotatable bonds is 2. The minimum atomic E-state index is 0.0905. The summed E-state index contributed by atoms with van der Waals surface area (Å²) in [6, 6.07) is 2.13. The van der Waals surface area contributed by atoms with Crippen molar-refractivity contribution >= 4 is 5.69 Å². The van der Waals surface area contributed by atoms with E-state index in [2.05, 4.69) is 16.0 Å². The molecular weight excluding hydrogens is 236 g/mol. The topological polar surface area (TPSA) is 36.4 Å². The van der Waals surface area contributed by atoms with Crippen LogP contribution in [0.1, 0.15) is 43.4 Å². The summed E-state index contributed by atoms with van der Waals surface area (Å²) in [5.41, 5.74) is 3.22. The van der Waals surface area contributed by atoms with E-state index in [1.54, 1.807) is 0 Å². The molecule has 1 aromatic rings. The van der Waals surface area contributed by atoms with Gasteiger partial charge in [-0.2, -0.15) is 0 Å².